The Morgan fingerprint density at radius 1 is 1.25 bits per heavy atom. The van der Waals surface area contributed by atoms with E-state index in [1.807, 2.05) is 0 Å². The third-order valence-electron chi connectivity index (χ3n) is 2.53. The van der Waals surface area contributed by atoms with Gasteiger partial charge in [0.15, 0.2) is 5.96 Å². The molecule has 0 spiro atoms. The van der Waals surface area contributed by atoms with Gasteiger partial charge in [-0.25, -0.2) is 0 Å². The molecular formula is C13H17BrIN3S2. The maximum atomic E-state index is 4.22. The molecular weight excluding hydrogens is 469 g/mol. The van der Waals surface area contributed by atoms with E-state index in [1.54, 1.807) is 29.7 Å². The number of guanidine groups is 1. The van der Waals surface area contributed by atoms with Crippen LogP contribution in [-0.2, 0) is 13.0 Å². The number of halogens is 2. The summed E-state index contributed by atoms with van der Waals surface area (Å²) in [7, 11) is 1.80. The molecule has 0 fully saturated rings. The first-order valence-corrected chi connectivity index (χ1v) is 8.48. The highest BCUT2D eigenvalue weighted by Crippen LogP contribution is 2.21. The van der Waals surface area contributed by atoms with Crippen LogP contribution in [-0.4, -0.2) is 19.6 Å². The van der Waals surface area contributed by atoms with Gasteiger partial charge in [-0.05, 0) is 45.9 Å². The molecule has 20 heavy (non-hydrogen) atoms. The van der Waals surface area contributed by atoms with E-state index in [9.17, 15) is 0 Å². The molecule has 7 heteroatoms. The highest BCUT2D eigenvalue weighted by Gasteiger charge is 2.01. The minimum absolute atomic E-state index is 0. The summed E-state index contributed by atoms with van der Waals surface area (Å²) in [5.41, 5.74) is 0. The van der Waals surface area contributed by atoms with Gasteiger partial charge in [0.05, 0.1) is 10.3 Å². The summed E-state index contributed by atoms with van der Waals surface area (Å²) in [5.74, 6) is 0.848. The summed E-state index contributed by atoms with van der Waals surface area (Å²) < 4.78 is 1.16. The normalized spacial score (nSPS) is 11.0. The molecule has 0 unspecified atom stereocenters. The van der Waals surface area contributed by atoms with E-state index in [1.165, 1.54) is 9.75 Å². The predicted molar refractivity (Wildman–Crippen MR) is 104 cm³/mol. The van der Waals surface area contributed by atoms with Crippen molar-refractivity contribution in [1.82, 2.24) is 10.6 Å². The van der Waals surface area contributed by atoms with Crippen molar-refractivity contribution in [3.63, 3.8) is 0 Å². The van der Waals surface area contributed by atoms with Crippen molar-refractivity contribution in [3.8, 4) is 0 Å². The van der Waals surface area contributed by atoms with Crippen molar-refractivity contribution < 1.29 is 0 Å². The van der Waals surface area contributed by atoms with Crippen molar-refractivity contribution in [2.75, 3.05) is 13.6 Å². The highest BCUT2D eigenvalue weighted by atomic mass is 127. The van der Waals surface area contributed by atoms with E-state index >= 15 is 0 Å². The van der Waals surface area contributed by atoms with Crippen LogP contribution >= 0.6 is 62.6 Å². The molecule has 2 rings (SSSR count). The van der Waals surface area contributed by atoms with Crippen molar-refractivity contribution in [2.45, 2.75) is 13.0 Å². The number of nitrogens with zero attached hydrogens (tertiary/aromatic N) is 1. The van der Waals surface area contributed by atoms with Gasteiger partial charge in [0, 0.05) is 23.3 Å². The van der Waals surface area contributed by atoms with Gasteiger partial charge in [-0.15, -0.1) is 46.7 Å². The van der Waals surface area contributed by atoms with Crippen molar-refractivity contribution >= 4 is 68.5 Å². The summed E-state index contributed by atoms with van der Waals surface area (Å²) in [4.78, 5) is 6.90. The number of hydrogen-bond acceptors (Lipinski definition) is 3. The van der Waals surface area contributed by atoms with E-state index in [0.717, 1.165) is 29.3 Å². The Morgan fingerprint density at radius 3 is 2.70 bits per heavy atom. The van der Waals surface area contributed by atoms with E-state index < -0.39 is 0 Å². The zero-order valence-electron chi connectivity index (χ0n) is 11.1. The van der Waals surface area contributed by atoms with Crippen LogP contribution in [0.3, 0.4) is 0 Å². The van der Waals surface area contributed by atoms with E-state index in [-0.39, 0.29) is 24.0 Å². The average Bonchev–Trinajstić information content (AvgIpc) is 3.05. The molecule has 0 aliphatic heterocycles. The summed E-state index contributed by atoms with van der Waals surface area (Å²) in [6, 6.07) is 8.42. The van der Waals surface area contributed by atoms with Crippen LogP contribution in [0.15, 0.2) is 38.4 Å². The van der Waals surface area contributed by atoms with Crippen LogP contribution < -0.4 is 10.6 Å². The molecule has 0 aromatic carbocycles. The number of aliphatic imine (C=N–C) groups is 1. The molecule has 0 aliphatic rings. The summed E-state index contributed by atoms with van der Waals surface area (Å²) >= 11 is 6.99. The topological polar surface area (TPSA) is 36.4 Å². The molecule has 0 aliphatic carbocycles. The number of hydrogen-bond donors (Lipinski definition) is 2. The molecule has 110 valence electrons. The van der Waals surface area contributed by atoms with E-state index in [2.05, 4.69) is 61.2 Å². The second kappa shape index (κ2) is 9.75. The first-order chi connectivity index (χ1) is 9.28. The Balaban J connectivity index is 0.00000200. The fourth-order valence-electron chi connectivity index (χ4n) is 1.60. The molecule has 0 atom stereocenters. The average molecular weight is 486 g/mol. The molecule has 3 nitrogen and oxygen atoms in total. The third kappa shape index (κ3) is 6.11. The monoisotopic (exact) mass is 485 g/mol. The molecule has 0 saturated heterocycles. The van der Waals surface area contributed by atoms with Crippen molar-refractivity contribution in [3.05, 3.63) is 43.2 Å². The van der Waals surface area contributed by atoms with Crippen molar-refractivity contribution in [2.24, 2.45) is 4.99 Å². The number of nitrogens with one attached hydrogen (secondary N) is 2. The second-order valence-corrected chi connectivity index (χ2v) is 7.47. The minimum atomic E-state index is 0. The fraction of sp³-hybridized carbons (Fsp3) is 0.308. The predicted octanol–water partition coefficient (Wildman–Crippen LogP) is 4.10. The van der Waals surface area contributed by atoms with E-state index in [0.29, 0.717) is 0 Å². The Morgan fingerprint density at radius 2 is 2.10 bits per heavy atom. The molecule has 2 N–H and O–H groups in total. The standard InChI is InChI=1S/C13H16BrN3S2.HI/c1-15-13(16-7-6-10-3-2-8-18-10)17-9-11-4-5-12(14)19-11;/h2-5,8H,6-7,9H2,1H3,(H2,15,16,17);1H. The lowest BCUT2D eigenvalue weighted by atomic mass is 10.3. The number of rotatable bonds is 5. The Bertz CT molecular complexity index is 525. The lowest BCUT2D eigenvalue weighted by molar-refractivity contribution is 0.804. The third-order valence-corrected chi connectivity index (χ3v) is 5.09. The van der Waals surface area contributed by atoms with Gasteiger partial charge in [-0.3, -0.25) is 4.99 Å². The van der Waals surface area contributed by atoms with Crippen LogP contribution in [0.25, 0.3) is 0 Å². The maximum absolute atomic E-state index is 4.22. The first kappa shape index (κ1) is 17.9. The smallest absolute Gasteiger partial charge is 0.191 e. The molecule has 0 saturated carbocycles. The van der Waals surface area contributed by atoms with Gasteiger partial charge in [-0.1, -0.05) is 6.07 Å². The SMILES string of the molecule is CN=C(NCCc1cccs1)NCc1ccc(Br)s1.I. The lowest BCUT2D eigenvalue weighted by Crippen LogP contribution is -2.37. The number of thiophene rings is 2. The van der Waals surface area contributed by atoms with Gasteiger partial charge in [-0.2, -0.15) is 0 Å². The maximum Gasteiger partial charge on any atom is 0.191 e. The van der Waals surface area contributed by atoms with Crippen molar-refractivity contribution in [1.29, 1.82) is 0 Å². The highest BCUT2D eigenvalue weighted by molar-refractivity contribution is 14.0. The quantitative estimate of drug-likeness (QED) is 0.380. The summed E-state index contributed by atoms with van der Waals surface area (Å²) in [6.45, 7) is 1.70. The second-order valence-electron chi connectivity index (χ2n) is 3.89. The Hall–Kier alpha value is -0.120. The molecule has 2 heterocycles. The van der Waals surface area contributed by atoms with Crippen LogP contribution in [0.2, 0.25) is 0 Å². The van der Waals surface area contributed by atoms with E-state index in [4.69, 9.17) is 0 Å². The molecule has 0 amide bonds. The first-order valence-electron chi connectivity index (χ1n) is 5.99. The zero-order chi connectivity index (χ0) is 13.5. The molecule has 0 bridgehead atoms. The Kier molecular flexibility index (Phi) is 8.74. The van der Waals surface area contributed by atoms with Crippen LogP contribution in [0.4, 0.5) is 0 Å². The minimum Gasteiger partial charge on any atom is -0.356 e. The van der Waals surface area contributed by atoms with Gasteiger partial charge in [0.25, 0.3) is 0 Å². The Labute approximate surface area is 153 Å². The zero-order valence-corrected chi connectivity index (χ0v) is 16.6. The summed E-state index contributed by atoms with van der Waals surface area (Å²) in [5, 5.41) is 8.74. The molecule has 0 radical (unpaired) electrons. The van der Waals surface area contributed by atoms with Gasteiger partial charge in [0.2, 0.25) is 0 Å². The lowest BCUT2D eigenvalue weighted by Gasteiger charge is -2.10. The van der Waals surface area contributed by atoms with Crippen LogP contribution in [0.1, 0.15) is 9.75 Å². The summed E-state index contributed by atoms with van der Waals surface area (Å²) in [6.07, 6.45) is 1.03. The van der Waals surface area contributed by atoms with Crippen LogP contribution in [0, 0.1) is 0 Å². The van der Waals surface area contributed by atoms with Gasteiger partial charge in [0.1, 0.15) is 0 Å². The van der Waals surface area contributed by atoms with Gasteiger partial charge >= 0.3 is 0 Å². The molecule has 2 aromatic rings. The fourth-order valence-corrected chi connectivity index (χ4v) is 3.73. The van der Waals surface area contributed by atoms with Crippen LogP contribution in [0.5, 0.6) is 0 Å². The molecule has 2 aromatic heterocycles. The largest absolute Gasteiger partial charge is 0.356 e. The van der Waals surface area contributed by atoms with Gasteiger partial charge < -0.3 is 10.6 Å².